The van der Waals surface area contributed by atoms with E-state index in [1.165, 1.54) is 0 Å². The van der Waals surface area contributed by atoms with Crippen LogP contribution < -0.4 is 5.73 Å². The van der Waals surface area contributed by atoms with E-state index in [1.54, 1.807) is 0 Å². The second kappa shape index (κ2) is 5.35. The van der Waals surface area contributed by atoms with Crippen LogP contribution in [0.25, 0.3) is 0 Å². The van der Waals surface area contributed by atoms with E-state index in [4.69, 9.17) is 5.73 Å². The van der Waals surface area contributed by atoms with Crippen molar-refractivity contribution in [3.8, 4) is 0 Å². The van der Waals surface area contributed by atoms with Crippen LogP contribution in [0.2, 0.25) is 0 Å². The molecule has 0 aromatic carbocycles. The van der Waals surface area contributed by atoms with E-state index in [1.807, 2.05) is 23.6 Å². The van der Waals surface area contributed by atoms with Gasteiger partial charge in [0.05, 0.1) is 0 Å². The Balaban J connectivity index is 2.53. The Morgan fingerprint density at radius 1 is 1.47 bits per heavy atom. The van der Waals surface area contributed by atoms with Crippen LogP contribution in [-0.4, -0.2) is 48.1 Å². The van der Waals surface area contributed by atoms with Gasteiger partial charge in [0.15, 0.2) is 0 Å². The molecule has 1 aliphatic rings. The molecule has 2 atom stereocenters. The SMILES string of the molecule is CCN(CC)C(=O)N1CCC(N)C(C)C1. The van der Waals surface area contributed by atoms with Crippen LogP contribution in [0.1, 0.15) is 27.2 Å². The number of urea groups is 1. The van der Waals surface area contributed by atoms with Crippen LogP contribution in [0, 0.1) is 5.92 Å². The topological polar surface area (TPSA) is 49.6 Å². The third kappa shape index (κ3) is 2.84. The number of nitrogens with zero attached hydrogens (tertiary/aromatic N) is 2. The van der Waals surface area contributed by atoms with Gasteiger partial charge in [-0.05, 0) is 26.2 Å². The molecular formula is C11H23N3O. The molecule has 0 radical (unpaired) electrons. The first-order chi connectivity index (χ1) is 7.10. The van der Waals surface area contributed by atoms with Gasteiger partial charge in [-0.15, -0.1) is 0 Å². The number of hydrogen-bond acceptors (Lipinski definition) is 2. The maximum Gasteiger partial charge on any atom is 0.319 e. The summed E-state index contributed by atoms with van der Waals surface area (Å²) in [5.74, 6) is 0.415. The number of piperidine rings is 1. The highest BCUT2D eigenvalue weighted by atomic mass is 16.2. The van der Waals surface area contributed by atoms with Crippen molar-refractivity contribution in [2.24, 2.45) is 11.7 Å². The van der Waals surface area contributed by atoms with Crippen molar-refractivity contribution in [1.29, 1.82) is 0 Å². The van der Waals surface area contributed by atoms with Gasteiger partial charge in [-0.2, -0.15) is 0 Å². The van der Waals surface area contributed by atoms with Crippen LogP contribution in [0.5, 0.6) is 0 Å². The van der Waals surface area contributed by atoms with E-state index in [-0.39, 0.29) is 12.1 Å². The van der Waals surface area contributed by atoms with E-state index in [0.717, 1.165) is 32.6 Å². The molecule has 1 saturated heterocycles. The summed E-state index contributed by atoms with van der Waals surface area (Å²) in [6, 6.07) is 0.421. The van der Waals surface area contributed by atoms with Crippen molar-refractivity contribution in [2.75, 3.05) is 26.2 Å². The number of likely N-dealkylation sites (tertiary alicyclic amines) is 1. The van der Waals surface area contributed by atoms with Crippen molar-refractivity contribution in [1.82, 2.24) is 9.80 Å². The summed E-state index contributed by atoms with van der Waals surface area (Å²) in [4.78, 5) is 15.8. The summed E-state index contributed by atoms with van der Waals surface area (Å²) in [6.07, 6.45) is 0.925. The minimum atomic E-state index is 0.166. The molecule has 0 spiro atoms. The standard InChI is InChI=1S/C11H23N3O/c1-4-13(5-2)11(15)14-7-6-10(12)9(3)8-14/h9-10H,4-8,12H2,1-3H3. The molecule has 4 heteroatoms. The Morgan fingerprint density at radius 2 is 2.07 bits per heavy atom. The minimum absolute atomic E-state index is 0.166. The fourth-order valence-corrected chi connectivity index (χ4v) is 2.03. The Labute approximate surface area is 92.4 Å². The van der Waals surface area contributed by atoms with Crippen molar-refractivity contribution in [3.63, 3.8) is 0 Å². The van der Waals surface area contributed by atoms with E-state index in [9.17, 15) is 4.79 Å². The molecule has 2 amide bonds. The van der Waals surface area contributed by atoms with Gasteiger partial charge in [0.1, 0.15) is 0 Å². The Kier molecular flexibility index (Phi) is 4.39. The molecule has 0 aliphatic carbocycles. The van der Waals surface area contributed by atoms with E-state index >= 15 is 0 Å². The first-order valence-corrected chi connectivity index (χ1v) is 5.89. The molecule has 15 heavy (non-hydrogen) atoms. The average molecular weight is 213 g/mol. The molecule has 1 aliphatic heterocycles. The predicted octanol–water partition coefficient (Wildman–Crippen LogP) is 1.12. The van der Waals surface area contributed by atoms with Crippen molar-refractivity contribution < 1.29 is 4.79 Å². The Hall–Kier alpha value is -0.770. The Morgan fingerprint density at radius 3 is 2.53 bits per heavy atom. The average Bonchev–Trinajstić information content (AvgIpc) is 2.23. The van der Waals surface area contributed by atoms with Crippen LogP contribution in [0.4, 0.5) is 4.79 Å². The maximum atomic E-state index is 12.0. The maximum absolute atomic E-state index is 12.0. The molecule has 0 bridgehead atoms. The second-order valence-electron chi connectivity index (χ2n) is 4.33. The summed E-state index contributed by atoms with van der Waals surface area (Å²) in [7, 11) is 0. The van der Waals surface area contributed by atoms with Crippen LogP contribution in [0.3, 0.4) is 0 Å². The molecule has 0 aromatic rings. The third-order valence-electron chi connectivity index (χ3n) is 3.28. The molecular weight excluding hydrogens is 190 g/mol. The van der Waals surface area contributed by atoms with Gasteiger partial charge in [0, 0.05) is 32.2 Å². The molecule has 0 aromatic heterocycles. The molecule has 1 rings (SSSR count). The number of amides is 2. The van der Waals surface area contributed by atoms with Gasteiger partial charge in [0.25, 0.3) is 0 Å². The molecule has 2 unspecified atom stereocenters. The molecule has 88 valence electrons. The first kappa shape index (κ1) is 12.3. The van der Waals surface area contributed by atoms with E-state index < -0.39 is 0 Å². The van der Waals surface area contributed by atoms with Crippen LogP contribution >= 0.6 is 0 Å². The lowest BCUT2D eigenvalue weighted by Crippen LogP contribution is -2.52. The minimum Gasteiger partial charge on any atom is -0.327 e. The van der Waals surface area contributed by atoms with Gasteiger partial charge in [-0.1, -0.05) is 6.92 Å². The zero-order valence-electron chi connectivity index (χ0n) is 10.1. The number of carbonyl (C=O) groups excluding carboxylic acids is 1. The van der Waals surface area contributed by atoms with E-state index in [2.05, 4.69) is 6.92 Å². The smallest absolute Gasteiger partial charge is 0.319 e. The Bertz CT molecular complexity index is 216. The lowest BCUT2D eigenvalue weighted by molar-refractivity contribution is 0.128. The number of hydrogen-bond donors (Lipinski definition) is 1. The third-order valence-corrected chi connectivity index (χ3v) is 3.28. The molecule has 2 N–H and O–H groups in total. The molecule has 4 nitrogen and oxygen atoms in total. The first-order valence-electron chi connectivity index (χ1n) is 5.89. The van der Waals surface area contributed by atoms with Crippen molar-refractivity contribution in [2.45, 2.75) is 33.2 Å². The highest BCUT2D eigenvalue weighted by molar-refractivity contribution is 5.74. The van der Waals surface area contributed by atoms with Crippen LogP contribution in [-0.2, 0) is 0 Å². The second-order valence-corrected chi connectivity index (χ2v) is 4.33. The quantitative estimate of drug-likeness (QED) is 0.747. The van der Waals surface area contributed by atoms with Gasteiger partial charge in [-0.3, -0.25) is 0 Å². The summed E-state index contributed by atoms with van der Waals surface area (Å²) in [5.41, 5.74) is 5.93. The fourth-order valence-electron chi connectivity index (χ4n) is 2.03. The highest BCUT2D eigenvalue weighted by Gasteiger charge is 2.27. The highest BCUT2D eigenvalue weighted by Crippen LogP contribution is 2.16. The van der Waals surface area contributed by atoms with Gasteiger partial charge in [-0.25, -0.2) is 4.79 Å². The van der Waals surface area contributed by atoms with E-state index in [0.29, 0.717) is 5.92 Å². The predicted molar refractivity (Wildman–Crippen MR) is 61.6 cm³/mol. The zero-order chi connectivity index (χ0) is 11.4. The van der Waals surface area contributed by atoms with Gasteiger partial charge < -0.3 is 15.5 Å². The summed E-state index contributed by atoms with van der Waals surface area (Å²) < 4.78 is 0. The molecule has 1 heterocycles. The lowest BCUT2D eigenvalue weighted by Gasteiger charge is -2.37. The summed E-state index contributed by atoms with van der Waals surface area (Å²) in [6.45, 7) is 9.32. The van der Waals surface area contributed by atoms with Crippen molar-refractivity contribution in [3.05, 3.63) is 0 Å². The summed E-state index contributed by atoms with van der Waals surface area (Å²) in [5, 5.41) is 0. The number of nitrogens with two attached hydrogens (primary N) is 1. The van der Waals surface area contributed by atoms with Crippen molar-refractivity contribution >= 4 is 6.03 Å². The zero-order valence-corrected chi connectivity index (χ0v) is 10.1. The fraction of sp³-hybridized carbons (Fsp3) is 0.909. The lowest BCUT2D eigenvalue weighted by atomic mass is 9.95. The largest absolute Gasteiger partial charge is 0.327 e. The van der Waals surface area contributed by atoms with Gasteiger partial charge in [0.2, 0.25) is 0 Å². The van der Waals surface area contributed by atoms with Crippen LogP contribution in [0.15, 0.2) is 0 Å². The number of carbonyl (C=O) groups is 1. The molecule has 0 saturated carbocycles. The molecule has 1 fully saturated rings. The monoisotopic (exact) mass is 213 g/mol. The summed E-state index contributed by atoms with van der Waals surface area (Å²) >= 11 is 0. The van der Waals surface area contributed by atoms with Gasteiger partial charge >= 0.3 is 6.03 Å². The number of rotatable bonds is 2. The normalized spacial score (nSPS) is 26.5.